The number of nitrogens with one attached hydrogen (secondary N) is 2. The molecule has 5 heteroatoms. The molecule has 0 atom stereocenters. The van der Waals surface area contributed by atoms with E-state index in [0.29, 0.717) is 25.7 Å². The van der Waals surface area contributed by atoms with Gasteiger partial charge in [0, 0.05) is 19.1 Å². The van der Waals surface area contributed by atoms with E-state index in [0.717, 1.165) is 25.4 Å². The van der Waals surface area contributed by atoms with Gasteiger partial charge in [0.15, 0.2) is 0 Å². The molecule has 5 nitrogen and oxygen atoms in total. The van der Waals surface area contributed by atoms with Crippen LogP contribution in [0.1, 0.15) is 6.92 Å². The first-order chi connectivity index (χ1) is 9.79. The zero-order valence-corrected chi connectivity index (χ0v) is 12.0. The maximum absolute atomic E-state index is 11.8. The molecular formula is C15H23N3O2. The number of hydrogen-bond donors (Lipinski definition) is 2. The first-order valence-electron chi connectivity index (χ1n) is 7.19. The van der Waals surface area contributed by atoms with Crippen LogP contribution in [-0.2, 0) is 4.79 Å². The van der Waals surface area contributed by atoms with E-state index >= 15 is 0 Å². The van der Waals surface area contributed by atoms with E-state index < -0.39 is 0 Å². The molecule has 0 saturated carbocycles. The number of nitrogens with zero attached hydrogens (tertiary/aromatic N) is 1. The molecule has 1 aliphatic heterocycles. The molecule has 0 bridgehead atoms. The van der Waals surface area contributed by atoms with Crippen molar-refractivity contribution in [1.82, 2.24) is 15.5 Å². The van der Waals surface area contributed by atoms with Crippen LogP contribution in [0.3, 0.4) is 0 Å². The zero-order valence-electron chi connectivity index (χ0n) is 12.0. The Bertz CT molecular complexity index is 407. The molecule has 0 spiro atoms. The second-order valence-electron chi connectivity index (χ2n) is 4.89. The van der Waals surface area contributed by atoms with Crippen molar-refractivity contribution in [3.63, 3.8) is 0 Å². The maximum Gasteiger partial charge on any atom is 0.234 e. The smallest absolute Gasteiger partial charge is 0.234 e. The lowest BCUT2D eigenvalue weighted by Gasteiger charge is -2.37. The number of carbonyl (C=O) groups excluding carboxylic acids is 1. The summed E-state index contributed by atoms with van der Waals surface area (Å²) in [7, 11) is 0. The third-order valence-corrected chi connectivity index (χ3v) is 3.47. The van der Waals surface area contributed by atoms with E-state index in [1.807, 2.05) is 30.3 Å². The second kappa shape index (κ2) is 7.87. The van der Waals surface area contributed by atoms with Crippen molar-refractivity contribution in [2.75, 3.05) is 39.3 Å². The number of likely N-dealkylation sites (N-methyl/N-ethyl adjacent to an activating group) is 1. The van der Waals surface area contributed by atoms with Crippen molar-refractivity contribution in [2.45, 2.75) is 13.0 Å². The van der Waals surface area contributed by atoms with Crippen molar-refractivity contribution in [3.05, 3.63) is 30.3 Å². The average molecular weight is 277 g/mol. The molecule has 2 N–H and O–H groups in total. The lowest BCUT2D eigenvalue weighted by Crippen LogP contribution is -2.58. The van der Waals surface area contributed by atoms with Gasteiger partial charge >= 0.3 is 0 Å². The highest BCUT2D eigenvalue weighted by atomic mass is 16.5. The molecule has 0 radical (unpaired) electrons. The highest BCUT2D eigenvalue weighted by Crippen LogP contribution is 2.07. The van der Waals surface area contributed by atoms with Gasteiger partial charge in [-0.1, -0.05) is 25.1 Å². The van der Waals surface area contributed by atoms with E-state index in [1.165, 1.54) is 0 Å². The Morgan fingerprint density at radius 2 is 2.15 bits per heavy atom. The van der Waals surface area contributed by atoms with Gasteiger partial charge in [0.25, 0.3) is 0 Å². The van der Waals surface area contributed by atoms with Crippen LogP contribution in [0.5, 0.6) is 5.75 Å². The van der Waals surface area contributed by atoms with Crippen LogP contribution < -0.4 is 15.4 Å². The predicted octanol–water partition coefficient (Wildman–Crippen LogP) is 0.475. The minimum absolute atomic E-state index is 0.0652. The Morgan fingerprint density at radius 3 is 2.75 bits per heavy atom. The standard InChI is InChI=1S/C15H23N3O2/c1-2-18(13-10-16-11-13)12-15(19)17-8-9-20-14-6-4-3-5-7-14/h3-7,13,16H,2,8-12H2,1H3,(H,17,19). The molecular weight excluding hydrogens is 254 g/mol. The van der Waals surface area contributed by atoms with Crippen LogP contribution in [0.4, 0.5) is 0 Å². The normalized spacial score (nSPS) is 14.9. The predicted molar refractivity (Wildman–Crippen MR) is 78.9 cm³/mol. The van der Waals surface area contributed by atoms with Gasteiger partial charge in [-0.15, -0.1) is 0 Å². The van der Waals surface area contributed by atoms with Crippen LogP contribution in [0, 0.1) is 0 Å². The molecule has 1 fully saturated rings. The van der Waals surface area contributed by atoms with Gasteiger partial charge in [0.1, 0.15) is 12.4 Å². The monoisotopic (exact) mass is 277 g/mol. The highest BCUT2D eigenvalue weighted by molar-refractivity contribution is 5.78. The topological polar surface area (TPSA) is 53.6 Å². The fraction of sp³-hybridized carbons (Fsp3) is 0.533. The molecule has 0 aromatic heterocycles. The summed E-state index contributed by atoms with van der Waals surface area (Å²) >= 11 is 0. The summed E-state index contributed by atoms with van der Waals surface area (Å²) in [5, 5.41) is 6.12. The third kappa shape index (κ3) is 4.51. The minimum Gasteiger partial charge on any atom is -0.492 e. The molecule has 110 valence electrons. The summed E-state index contributed by atoms with van der Waals surface area (Å²) in [4.78, 5) is 14.0. The minimum atomic E-state index is 0.0652. The third-order valence-electron chi connectivity index (χ3n) is 3.47. The molecule has 2 rings (SSSR count). The molecule has 1 aliphatic rings. The second-order valence-corrected chi connectivity index (χ2v) is 4.89. The summed E-state index contributed by atoms with van der Waals surface area (Å²) in [6.45, 7) is 6.45. The molecule has 0 unspecified atom stereocenters. The molecule has 1 aromatic carbocycles. The summed E-state index contributed by atoms with van der Waals surface area (Å²) < 4.78 is 5.53. The number of carbonyl (C=O) groups is 1. The van der Waals surface area contributed by atoms with Crippen molar-refractivity contribution >= 4 is 5.91 Å². The summed E-state index contributed by atoms with van der Waals surface area (Å²) in [5.41, 5.74) is 0. The van der Waals surface area contributed by atoms with Gasteiger partial charge in [-0.05, 0) is 18.7 Å². The fourth-order valence-electron chi connectivity index (χ4n) is 2.15. The van der Waals surface area contributed by atoms with Gasteiger partial charge in [0.2, 0.25) is 5.91 Å². The van der Waals surface area contributed by atoms with Crippen molar-refractivity contribution in [2.24, 2.45) is 0 Å². The first-order valence-corrected chi connectivity index (χ1v) is 7.19. The van der Waals surface area contributed by atoms with Crippen LogP contribution in [0.2, 0.25) is 0 Å². The van der Waals surface area contributed by atoms with Crippen LogP contribution in [-0.4, -0.2) is 56.2 Å². The van der Waals surface area contributed by atoms with Crippen molar-refractivity contribution in [3.8, 4) is 5.75 Å². The lowest BCUT2D eigenvalue weighted by atomic mass is 10.1. The van der Waals surface area contributed by atoms with E-state index in [4.69, 9.17) is 4.74 Å². The summed E-state index contributed by atoms with van der Waals surface area (Å²) in [6, 6.07) is 10.1. The maximum atomic E-state index is 11.8. The number of rotatable bonds is 8. The molecule has 0 aliphatic carbocycles. The quantitative estimate of drug-likeness (QED) is 0.679. The largest absolute Gasteiger partial charge is 0.492 e. The van der Waals surface area contributed by atoms with Crippen LogP contribution in [0.15, 0.2) is 30.3 Å². The Hall–Kier alpha value is -1.59. The van der Waals surface area contributed by atoms with Crippen LogP contribution >= 0.6 is 0 Å². The first kappa shape index (κ1) is 14.8. The van der Waals surface area contributed by atoms with Gasteiger partial charge in [-0.25, -0.2) is 0 Å². The summed E-state index contributed by atoms with van der Waals surface area (Å²) in [6.07, 6.45) is 0. The van der Waals surface area contributed by atoms with E-state index in [-0.39, 0.29) is 5.91 Å². The number of ether oxygens (including phenoxy) is 1. The van der Waals surface area contributed by atoms with Crippen molar-refractivity contribution in [1.29, 1.82) is 0 Å². The van der Waals surface area contributed by atoms with Gasteiger partial charge in [0.05, 0.1) is 13.1 Å². The molecule has 1 amide bonds. The average Bonchev–Trinajstić information content (AvgIpc) is 2.42. The Kier molecular flexibility index (Phi) is 5.83. The molecule has 20 heavy (non-hydrogen) atoms. The number of benzene rings is 1. The zero-order chi connectivity index (χ0) is 14.2. The Morgan fingerprint density at radius 1 is 1.40 bits per heavy atom. The van der Waals surface area contributed by atoms with Gasteiger partial charge in [-0.3, -0.25) is 9.69 Å². The highest BCUT2D eigenvalue weighted by Gasteiger charge is 2.24. The Balaban J connectivity index is 1.60. The van der Waals surface area contributed by atoms with Crippen molar-refractivity contribution < 1.29 is 9.53 Å². The van der Waals surface area contributed by atoms with Gasteiger partial charge < -0.3 is 15.4 Å². The molecule has 1 heterocycles. The summed E-state index contributed by atoms with van der Waals surface area (Å²) in [5.74, 6) is 0.896. The van der Waals surface area contributed by atoms with Crippen LogP contribution in [0.25, 0.3) is 0 Å². The van der Waals surface area contributed by atoms with E-state index in [1.54, 1.807) is 0 Å². The molecule has 1 saturated heterocycles. The lowest BCUT2D eigenvalue weighted by molar-refractivity contribution is -0.123. The number of hydrogen-bond acceptors (Lipinski definition) is 4. The molecule has 1 aromatic rings. The fourth-order valence-corrected chi connectivity index (χ4v) is 2.15. The van der Waals surface area contributed by atoms with E-state index in [9.17, 15) is 4.79 Å². The van der Waals surface area contributed by atoms with Gasteiger partial charge in [-0.2, -0.15) is 0 Å². The van der Waals surface area contributed by atoms with E-state index in [2.05, 4.69) is 22.5 Å². The Labute approximate surface area is 120 Å². The SMILES string of the molecule is CCN(CC(=O)NCCOc1ccccc1)C1CNC1. The number of para-hydroxylation sites is 1. The number of amides is 1.